The Morgan fingerprint density at radius 3 is 2.37 bits per heavy atom. The van der Waals surface area contributed by atoms with Crippen LogP contribution in [0, 0.1) is 6.10 Å². The Bertz CT molecular complexity index is 372. The summed E-state index contributed by atoms with van der Waals surface area (Å²) in [5.74, 6) is 0.245. The highest BCUT2D eigenvalue weighted by Gasteiger charge is 2.11. The van der Waals surface area contributed by atoms with Gasteiger partial charge in [0.15, 0.2) is 0 Å². The van der Waals surface area contributed by atoms with E-state index >= 15 is 0 Å². The minimum absolute atomic E-state index is 0.437. The van der Waals surface area contributed by atoms with E-state index in [1.165, 1.54) is 0 Å². The largest absolute Gasteiger partial charge is 0.494 e. The molecule has 0 amide bonds. The molecule has 0 aliphatic heterocycles. The van der Waals surface area contributed by atoms with Crippen LogP contribution in [0.15, 0.2) is 24.3 Å². The van der Waals surface area contributed by atoms with Crippen LogP contribution in [0.2, 0.25) is 0 Å². The van der Waals surface area contributed by atoms with Gasteiger partial charge in [0.1, 0.15) is 11.9 Å². The summed E-state index contributed by atoms with van der Waals surface area (Å²) in [6.07, 6.45) is 3.48. The maximum Gasteiger partial charge on any atom is 0.373 e. The van der Waals surface area contributed by atoms with Gasteiger partial charge in [-0.25, -0.2) is 4.79 Å². The third-order valence-corrected chi connectivity index (χ3v) is 2.61. The first-order valence-electron chi connectivity index (χ1n) is 6.61. The first-order valence-corrected chi connectivity index (χ1v) is 6.61. The van der Waals surface area contributed by atoms with E-state index < -0.39 is 5.97 Å². The van der Waals surface area contributed by atoms with Crippen molar-refractivity contribution in [1.29, 1.82) is 0 Å². The quantitative estimate of drug-likeness (QED) is 0.406. The standard InChI is InChI=1S/C15H21O4/c1-4-6-11-17-14-9-7-13(8-10-14)15(16)19-18-12(3)5-2/h7-10H,4-6,11H2,1-3H3. The predicted molar refractivity (Wildman–Crippen MR) is 72.6 cm³/mol. The Morgan fingerprint density at radius 1 is 1.11 bits per heavy atom. The first-order chi connectivity index (χ1) is 9.17. The average molecular weight is 265 g/mol. The summed E-state index contributed by atoms with van der Waals surface area (Å²) < 4.78 is 5.51. The van der Waals surface area contributed by atoms with Crippen LogP contribution in [0.5, 0.6) is 5.75 Å². The molecule has 4 nitrogen and oxygen atoms in total. The molecule has 1 rings (SSSR count). The van der Waals surface area contributed by atoms with Crippen molar-refractivity contribution in [2.24, 2.45) is 0 Å². The molecule has 0 saturated carbocycles. The summed E-state index contributed by atoms with van der Waals surface area (Å²) in [4.78, 5) is 21.2. The number of hydrogen-bond donors (Lipinski definition) is 0. The molecule has 0 aliphatic rings. The summed E-state index contributed by atoms with van der Waals surface area (Å²) in [6.45, 7) is 6.48. The number of carbonyl (C=O) groups is 1. The normalized spacial score (nSPS) is 10.5. The van der Waals surface area contributed by atoms with Crippen LogP contribution < -0.4 is 4.74 Å². The fourth-order valence-electron chi connectivity index (χ4n) is 1.24. The zero-order valence-electron chi connectivity index (χ0n) is 11.8. The van der Waals surface area contributed by atoms with Crippen molar-refractivity contribution in [3.05, 3.63) is 35.9 Å². The minimum Gasteiger partial charge on any atom is -0.494 e. The van der Waals surface area contributed by atoms with E-state index in [9.17, 15) is 4.79 Å². The molecule has 0 aromatic heterocycles. The van der Waals surface area contributed by atoms with Crippen LogP contribution in [0.25, 0.3) is 0 Å². The van der Waals surface area contributed by atoms with Gasteiger partial charge in [-0.15, -0.1) is 0 Å². The summed E-state index contributed by atoms with van der Waals surface area (Å²) in [6, 6.07) is 6.83. The predicted octanol–water partition coefficient (Wildman–Crippen LogP) is 3.92. The number of hydrogen-bond acceptors (Lipinski definition) is 4. The molecule has 19 heavy (non-hydrogen) atoms. The lowest BCUT2D eigenvalue weighted by Crippen LogP contribution is -2.08. The van der Waals surface area contributed by atoms with Crippen molar-refractivity contribution < 1.29 is 19.3 Å². The van der Waals surface area contributed by atoms with Gasteiger partial charge in [0, 0.05) is 0 Å². The molecule has 0 fully saturated rings. The minimum atomic E-state index is -0.507. The summed E-state index contributed by atoms with van der Waals surface area (Å²) in [5, 5.41) is 0. The summed E-state index contributed by atoms with van der Waals surface area (Å²) >= 11 is 0. The van der Waals surface area contributed by atoms with E-state index in [0.29, 0.717) is 24.7 Å². The number of carbonyl (C=O) groups excluding carboxylic acids is 1. The van der Waals surface area contributed by atoms with Gasteiger partial charge in [0.05, 0.1) is 12.2 Å². The topological polar surface area (TPSA) is 44.8 Å². The molecular formula is C15H21O4. The Kier molecular flexibility index (Phi) is 6.97. The molecular weight excluding hydrogens is 244 g/mol. The molecule has 0 aliphatic carbocycles. The van der Waals surface area contributed by atoms with Crippen molar-refractivity contribution in [3.63, 3.8) is 0 Å². The SMILES string of the molecule is CCCCOc1ccc(C(=O)OO[C](C)CC)cc1. The summed E-state index contributed by atoms with van der Waals surface area (Å²) in [5.41, 5.74) is 0.437. The van der Waals surface area contributed by atoms with Crippen molar-refractivity contribution in [2.75, 3.05) is 6.61 Å². The summed E-state index contributed by atoms with van der Waals surface area (Å²) in [7, 11) is 0. The van der Waals surface area contributed by atoms with E-state index in [1.807, 2.05) is 6.92 Å². The molecule has 0 atom stereocenters. The zero-order chi connectivity index (χ0) is 14.1. The van der Waals surface area contributed by atoms with Gasteiger partial charge < -0.3 is 4.74 Å². The van der Waals surface area contributed by atoms with Crippen molar-refractivity contribution in [2.45, 2.75) is 40.0 Å². The van der Waals surface area contributed by atoms with Crippen molar-refractivity contribution >= 4 is 5.97 Å². The first kappa shape index (κ1) is 15.5. The van der Waals surface area contributed by atoms with Crippen molar-refractivity contribution in [1.82, 2.24) is 0 Å². The molecule has 105 valence electrons. The highest BCUT2D eigenvalue weighted by Crippen LogP contribution is 2.14. The molecule has 0 heterocycles. The van der Waals surface area contributed by atoms with Crippen LogP contribution in [-0.4, -0.2) is 12.6 Å². The molecule has 0 N–H and O–H groups in total. The van der Waals surface area contributed by atoms with Gasteiger partial charge in [-0.2, -0.15) is 4.89 Å². The number of unbranched alkanes of at least 4 members (excludes halogenated alkanes) is 1. The van der Waals surface area contributed by atoms with Gasteiger partial charge in [0.2, 0.25) is 0 Å². The van der Waals surface area contributed by atoms with Crippen LogP contribution >= 0.6 is 0 Å². The molecule has 1 aromatic carbocycles. The second kappa shape index (κ2) is 8.53. The van der Waals surface area contributed by atoms with Gasteiger partial charge >= 0.3 is 5.97 Å². The lowest BCUT2D eigenvalue weighted by atomic mass is 10.2. The van der Waals surface area contributed by atoms with Crippen LogP contribution in [0.1, 0.15) is 50.4 Å². The van der Waals surface area contributed by atoms with E-state index in [2.05, 4.69) is 6.92 Å². The molecule has 0 bridgehead atoms. The fourth-order valence-corrected chi connectivity index (χ4v) is 1.24. The van der Waals surface area contributed by atoms with Gasteiger partial charge in [-0.3, -0.25) is 4.89 Å². The molecule has 1 aromatic rings. The van der Waals surface area contributed by atoms with Crippen LogP contribution in [-0.2, 0) is 9.78 Å². The smallest absolute Gasteiger partial charge is 0.373 e. The fraction of sp³-hybridized carbons (Fsp3) is 0.467. The lowest BCUT2D eigenvalue weighted by molar-refractivity contribution is -0.232. The Hall–Kier alpha value is -1.55. The maximum absolute atomic E-state index is 11.6. The lowest BCUT2D eigenvalue weighted by Gasteiger charge is -2.08. The molecule has 1 radical (unpaired) electrons. The van der Waals surface area contributed by atoms with Gasteiger partial charge in [-0.05, 0) is 44.0 Å². The third kappa shape index (κ3) is 5.75. The Morgan fingerprint density at radius 2 is 1.79 bits per heavy atom. The van der Waals surface area contributed by atoms with Crippen LogP contribution in [0.3, 0.4) is 0 Å². The second-order valence-corrected chi connectivity index (χ2v) is 4.24. The monoisotopic (exact) mass is 265 g/mol. The van der Waals surface area contributed by atoms with Crippen LogP contribution in [0.4, 0.5) is 0 Å². The number of rotatable bonds is 8. The van der Waals surface area contributed by atoms with E-state index in [4.69, 9.17) is 14.5 Å². The van der Waals surface area contributed by atoms with E-state index in [1.54, 1.807) is 31.2 Å². The molecule has 4 heteroatoms. The highest BCUT2D eigenvalue weighted by molar-refractivity contribution is 5.89. The van der Waals surface area contributed by atoms with E-state index in [0.717, 1.165) is 18.6 Å². The van der Waals surface area contributed by atoms with Crippen molar-refractivity contribution in [3.8, 4) is 5.75 Å². The van der Waals surface area contributed by atoms with E-state index in [-0.39, 0.29) is 0 Å². The molecule has 0 spiro atoms. The number of benzene rings is 1. The Labute approximate surface area is 114 Å². The zero-order valence-corrected chi connectivity index (χ0v) is 11.8. The highest BCUT2D eigenvalue weighted by atomic mass is 17.2. The average Bonchev–Trinajstić information content (AvgIpc) is 2.45. The Balaban J connectivity index is 2.44. The van der Waals surface area contributed by atoms with Gasteiger partial charge in [0.25, 0.3) is 0 Å². The second-order valence-electron chi connectivity index (χ2n) is 4.24. The number of ether oxygens (including phenoxy) is 1. The third-order valence-electron chi connectivity index (χ3n) is 2.61. The molecule has 0 saturated heterocycles. The van der Waals surface area contributed by atoms with Gasteiger partial charge in [-0.1, -0.05) is 20.3 Å². The maximum atomic E-state index is 11.6. The molecule has 0 unspecified atom stereocenters.